The molecule has 4 rings (SSSR count). The summed E-state index contributed by atoms with van der Waals surface area (Å²) in [6.45, 7) is 7.56. The third-order valence-electron chi connectivity index (χ3n) is 6.51. The van der Waals surface area contributed by atoms with Gasteiger partial charge in [-0.25, -0.2) is 0 Å². The third-order valence-corrected chi connectivity index (χ3v) is 6.51. The number of ether oxygens (including phenoxy) is 3. The van der Waals surface area contributed by atoms with Crippen molar-refractivity contribution < 1.29 is 28.9 Å². The van der Waals surface area contributed by atoms with Gasteiger partial charge in [0.05, 0.1) is 31.4 Å². The highest BCUT2D eigenvalue weighted by Gasteiger charge is 2.46. The van der Waals surface area contributed by atoms with E-state index < -0.39 is 17.7 Å². The van der Waals surface area contributed by atoms with Gasteiger partial charge in [-0.1, -0.05) is 49.7 Å². The summed E-state index contributed by atoms with van der Waals surface area (Å²) in [5.74, 6) is 0.132. The Kier molecular flexibility index (Phi) is 9.26. The molecule has 1 saturated heterocycles. The van der Waals surface area contributed by atoms with Crippen molar-refractivity contribution in [3.8, 4) is 17.2 Å². The molecule has 1 unspecified atom stereocenters. The van der Waals surface area contributed by atoms with E-state index in [0.717, 1.165) is 18.4 Å². The lowest BCUT2D eigenvalue weighted by molar-refractivity contribution is -0.140. The summed E-state index contributed by atoms with van der Waals surface area (Å²) in [6, 6.07) is 20.9. The van der Waals surface area contributed by atoms with E-state index in [2.05, 4.69) is 6.92 Å². The van der Waals surface area contributed by atoms with Crippen molar-refractivity contribution in [3.05, 3.63) is 95.1 Å². The Labute approximate surface area is 229 Å². The van der Waals surface area contributed by atoms with E-state index in [9.17, 15) is 14.7 Å². The van der Waals surface area contributed by atoms with Crippen LogP contribution >= 0.6 is 0 Å². The fourth-order valence-corrected chi connectivity index (χ4v) is 4.61. The smallest absolute Gasteiger partial charge is 0.295 e. The van der Waals surface area contributed by atoms with Gasteiger partial charge in [-0.3, -0.25) is 9.59 Å². The number of Topliss-reactive ketones (excluding diaryl/α,β-unsaturated/α-hetero) is 1. The van der Waals surface area contributed by atoms with Gasteiger partial charge in [0.2, 0.25) is 0 Å². The van der Waals surface area contributed by atoms with Crippen LogP contribution in [0.3, 0.4) is 0 Å². The summed E-state index contributed by atoms with van der Waals surface area (Å²) < 4.78 is 17.3. The number of nitrogens with zero attached hydrogens (tertiary/aromatic N) is 1. The van der Waals surface area contributed by atoms with Crippen molar-refractivity contribution in [2.45, 2.75) is 46.2 Å². The molecule has 1 aliphatic heterocycles. The first-order valence-corrected chi connectivity index (χ1v) is 13.4. The van der Waals surface area contributed by atoms with Crippen LogP contribution in [0, 0.1) is 0 Å². The molecule has 3 aromatic rings. The Morgan fingerprint density at radius 3 is 2.23 bits per heavy atom. The fraction of sp³-hybridized carbons (Fsp3) is 0.312. The van der Waals surface area contributed by atoms with Crippen molar-refractivity contribution in [1.82, 2.24) is 4.90 Å². The average molecular weight is 530 g/mol. The maximum Gasteiger partial charge on any atom is 0.295 e. The molecule has 0 spiro atoms. The normalized spacial score (nSPS) is 16.4. The number of unbranched alkanes of at least 4 members (excludes halogenated alkanes) is 1. The summed E-state index contributed by atoms with van der Waals surface area (Å²) in [5, 5.41) is 11.4. The molecular weight excluding hydrogens is 494 g/mol. The Bertz CT molecular complexity index is 1320. The molecule has 0 aromatic heterocycles. The van der Waals surface area contributed by atoms with Crippen molar-refractivity contribution in [2.75, 3.05) is 19.8 Å². The molecule has 1 N–H and O–H groups in total. The van der Waals surface area contributed by atoms with E-state index in [4.69, 9.17) is 14.2 Å². The molecule has 7 nitrogen and oxygen atoms in total. The van der Waals surface area contributed by atoms with Gasteiger partial charge in [0.15, 0.2) is 11.5 Å². The number of aliphatic hydroxyl groups excluding tert-OH is 1. The summed E-state index contributed by atoms with van der Waals surface area (Å²) in [6.07, 6.45) is 1.91. The van der Waals surface area contributed by atoms with Crippen molar-refractivity contribution in [1.29, 1.82) is 0 Å². The molecule has 39 heavy (non-hydrogen) atoms. The summed E-state index contributed by atoms with van der Waals surface area (Å²) in [7, 11) is 0. The molecule has 0 bridgehead atoms. The Balaban J connectivity index is 1.82. The second-order valence-corrected chi connectivity index (χ2v) is 9.21. The second kappa shape index (κ2) is 13.0. The highest BCUT2D eigenvalue weighted by atomic mass is 16.5. The SMILES string of the molecule is CCCCOc1ccc(C2/C(=C(\O)c3ccc(OCC)cc3)C(=O)C(=O)N2Cc2ccccc2)cc1OCC. The van der Waals surface area contributed by atoms with Crippen LogP contribution in [0.5, 0.6) is 17.2 Å². The number of carbonyl (C=O) groups excluding carboxylic acids is 2. The maximum absolute atomic E-state index is 13.4. The number of ketones is 1. The minimum absolute atomic E-state index is 0.0298. The molecule has 0 saturated carbocycles. The molecule has 0 aliphatic carbocycles. The fourth-order valence-electron chi connectivity index (χ4n) is 4.61. The van der Waals surface area contributed by atoms with E-state index in [0.29, 0.717) is 48.2 Å². The van der Waals surface area contributed by atoms with Crippen LogP contribution in [0.25, 0.3) is 5.76 Å². The molecule has 1 heterocycles. The average Bonchev–Trinajstić information content (AvgIpc) is 3.20. The number of hydrogen-bond donors (Lipinski definition) is 1. The monoisotopic (exact) mass is 529 g/mol. The van der Waals surface area contributed by atoms with Gasteiger partial charge in [-0.2, -0.15) is 0 Å². The van der Waals surface area contributed by atoms with Gasteiger partial charge in [-0.05, 0) is 67.8 Å². The number of benzene rings is 3. The predicted molar refractivity (Wildman–Crippen MR) is 150 cm³/mol. The lowest BCUT2D eigenvalue weighted by Gasteiger charge is -2.26. The maximum atomic E-state index is 13.4. The third kappa shape index (κ3) is 6.25. The first-order valence-electron chi connectivity index (χ1n) is 13.4. The van der Waals surface area contributed by atoms with Crippen LogP contribution in [0.15, 0.2) is 78.4 Å². The van der Waals surface area contributed by atoms with Gasteiger partial charge >= 0.3 is 0 Å². The van der Waals surface area contributed by atoms with Gasteiger partial charge in [0, 0.05) is 12.1 Å². The van der Waals surface area contributed by atoms with Crippen LogP contribution in [-0.4, -0.2) is 41.5 Å². The van der Waals surface area contributed by atoms with E-state index in [1.54, 1.807) is 36.4 Å². The molecule has 204 valence electrons. The minimum atomic E-state index is -0.819. The molecular formula is C32H35NO6. The van der Waals surface area contributed by atoms with Gasteiger partial charge in [-0.15, -0.1) is 0 Å². The van der Waals surface area contributed by atoms with Crippen LogP contribution in [0.1, 0.15) is 56.3 Å². The Hall–Kier alpha value is -4.26. The molecule has 1 fully saturated rings. The number of aliphatic hydroxyl groups is 1. The molecule has 7 heteroatoms. The van der Waals surface area contributed by atoms with Crippen LogP contribution in [-0.2, 0) is 16.1 Å². The lowest BCUT2D eigenvalue weighted by atomic mass is 9.94. The van der Waals surface area contributed by atoms with Crippen LogP contribution in [0.2, 0.25) is 0 Å². The Morgan fingerprint density at radius 1 is 0.846 bits per heavy atom. The molecule has 0 radical (unpaired) electrons. The lowest BCUT2D eigenvalue weighted by Crippen LogP contribution is -2.29. The zero-order chi connectivity index (χ0) is 27.8. The number of rotatable bonds is 12. The standard InChI is InChI=1S/C32H35NO6/c1-4-7-19-39-26-18-15-24(20-27(26)38-6-3)29-28(30(34)23-13-16-25(17-14-23)37-5-2)31(35)32(36)33(29)21-22-11-9-8-10-12-22/h8-18,20,29,34H,4-7,19,21H2,1-3H3/b30-28+. The first-order chi connectivity index (χ1) is 19.0. The highest BCUT2D eigenvalue weighted by Crippen LogP contribution is 2.43. The largest absolute Gasteiger partial charge is 0.507 e. The molecule has 1 amide bonds. The van der Waals surface area contributed by atoms with E-state index in [-0.39, 0.29) is 17.9 Å². The zero-order valence-corrected chi connectivity index (χ0v) is 22.7. The molecule has 1 atom stereocenters. The van der Waals surface area contributed by atoms with Gasteiger partial charge in [0.1, 0.15) is 11.5 Å². The molecule has 1 aliphatic rings. The van der Waals surface area contributed by atoms with Crippen molar-refractivity contribution in [3.63, 3.8) is 0 Å². The summed E-state index contributed by atoms with van der Waals surface area (Å²) in [4.78, 5) is 28.3. The second-order valence-electron chi connectivity index (χ2n) is 9.21. The highest BCUT2D eigenvalue weighted by molar-refractivity contribution is 6.46. The van der Waals surface area contributed by atoms with E-state index >= 15 is 0 Å². The Morgan fingerprint density at radius 2 is 1.56 bits per heavy atom. The number of carbonyl (C=O) groups is 2. The number of likely N-dealkylation sites (tertiary alicyclic amines) is 1. The van der Waals surface area contributed by atoms with Gasteiger partial charge in [0.25, 0.3) is 11.7 Å². The zero-order valence-electron chi connectivity index (χ0n) is 22.7. The topological polar surface area (TPSA) is 85.3 Å². The van der Waals surface area contributed by atoms with Gasteiger partial charge < -0.3 is 24.2 Å². The van der Waals surface area contributed by atoms with Crippen LogP contribution in [0.4, 0.5) is 0 Å². The van der Waals surface area contributed by atoms with Crippen molar-refractivity contribution in [2.24, 2.45) is 0 Å². The van der Waals surface area contributed by atoms with E-state index in [1.165, 1.54) is 4.90 Å². The predicted octanol–water partition coefficient (Wildman–Crippen LogP) is 6.28. The minimum Gasteiger partial charge on any atom is -0.507 e. The van der Waals surface area contributed by atoms with E-state index in [1.807, 2.05) is 50.2 Å². The summed E-state index contributed by atoms with van der Waals surface area (Å²) in [5.41, 5.74) is 1.96. The number of amides is 1. The number of hydrogen-bond acceptors (Lipinski definition) is 6. The quantitative estimate of drug-likeness (QED) is 0.129. The first kappa shape index (κ1) is 27.8. The molecule has 3 aromatic carbocycles. The van der Waals surface area contributed by atoms with Crippen molar-refractivity contribution >= 4 is 17.4 Å². The summed E-state index contributed by atoms with van der Waals surface area (Å²) >= 11 is 0. The van der Waals surface area contributed by atoms with Crippen LogP contribution < -0.4 is 14.2 Å².